The van der Waals surface area contributed by atoms with Gasteiger partial charge in [-0.3, -0.25) is 9.59 Å². The Morgan fingerprint density at radius 2 is 2.17 bits per heavy atom. The lowest BCUT2D eigenvalue weighted by atomic mass is 10.2. The van der Waals surface area contributed by atoms with E-state index in [0.717, 1.165) is 12.0 Å². The molecule has 18 heavy (non-hydrogen) atoms. The average Bonchev–Trinajstić information content (AvgIpc) is 2.36. The molecule has 0 aromatic heterocycles. The monoisotopic (exact) mass is 268 g/mol. The maximum atomic E-state index is 11.6. The van der Waals surface area contributed by atoms with Gasteiger partial charge in [0.15, 0.2) is 0 Å². The van der Waals surface area contributed by atoms with Gasteiger partial charge in [-0.2, -0.15) is 0 Å². The van der Waals surface area contributed by atoms with E-state index in [-0.39, 0.29) is 12.5 Å². The number of halogens is 1. The number of hydrogen-bond acceptors (Lipinski definition) is 3. The third kappa shape index (κ3) is 3.74. The highest BCUT2D eigenvalue weighted by Gasteiger charge is 2.12. The number of aldehydes is 1. The summed E-state index contributed by atoms with van der Waals surface area (Å²) < 4.78 is 0. The van der Waals surface area contributed by atoms with Crippen LogP contribution >= 0.6 is 11.6 Å². The lowest BCUT2D eigenvalue weighted by Crippen LogP contribution is -2.37. The molecule has 0 radical (unpaired) electrons. The molecule has 0 fully saturated rings. The van der Waals surface area contributed by atoms with E-state index >= 15 is 0 Å². The van der Waals surface area contributed by atoms with E-state index in [1.807, 2.05) is 18.7 Å². The van der Waals surface area contributed by atoms with Crippen LogP contribution in [0.2, 0.25) is 5.02 Å². The molecule has 0 aliphatic rings. The summed E-state index contributed by atoms with van der Waals surface area (Å²) in [5, 5.41) is 3.22. The Labute approximate surface area is 112 Å². The van der Waals surface area contributed by atoms with Crippen LogP contribution in [0.25, 0.3) is 0 Å². The summed E-state index contributed by atoms with van der Waals surface area (Å²) in [7, 11) is 0. The fraction of sp³-hybridized carbons (Fsp3) is 0.385. The molecule has 1 amide bonds. The smallest absolute Gasteiger partial charge is 0.239 e. The van der Waals surface area contributed by atoms with Gasteiger partial charge < -0.3 is 10.2 Å². The number of anilines is 1. The van der Waals surface area contributed by atoms with E-state index in [0.29, 0.717) is 23.7 Å². The average molecular weight is 269 g/mol. The number of nitrogens with one attached hydrogen (secondary N) is 1. The predicted molar refractivity (Wildman–Crippen MR) is 73.4 cm³/mol. The molecule has 5 heteroatoms. The molecule has 0 atom stereocenters. The number of carbonyl (C=O) groups is 2. The van der Waals surface area contributed by atoms with Crippen LogP contribution in [0.15, 0.2) is 18.2 Å². The zero-order valence-corrected chi connectivity index (χ0v) is 11.3. The van der Waals surface area contributed by atoms with Crippen molar-refractivity contribution in [2.45, 2.75) is 13.8 Å². The van der Waals surface area contributed by atoms with Crippen LogP contribution in [-0.2, 0) is 4.79 Å². The Morgan fingerprint density at radius 1 is 1.44 bits per heavy atom. The number of rotatable bonds is 6. The molecule has 1 rings (SSSR count). The van der Waals surface area contributed by atoms with E-state index in [1.54, 1.807) is 18.2 Å². The first-order chi connectivity index (χ1) is 8.62. The number of carbonyl (C=O) groups excluding carboxylic acids is 2. The van der Waals surface area contributed by atoms with Gasteiger partial charge >= 0.3 is 0 Å². The second-order valence-electron chi connectivity index (χ2n) is 3.80. The minimum atomic E-state index is -0.0464. The first kappa shape index (κ1) is 14.5. The Balaban J connectivity index is 2.88. The molecule has 1 aromatic carbocycles. The van der Waals surface area contributed by atoms with E-state index in [4.69, 9.17) is 11.6 Å². The highest BCUT2D eigenvalue weighted by atomic mass is 35.5. The quantitative estimate of drug-likeness (QED) is 0.804. The lowest BCUT2D eigenvalue weighted by molar-refractivity contribution is -0.119. The molecule has 0 spiro atoms. The highest BCUT2D eigenvalue weighted by Crippen LogP contribution is 2.26. The van der Waals surface area contributed by atoms with Gasteiger partial charge in [0.25, 0.3) is 0 Å². The van der Waals surface area contributed by atoms with Crippen LogP contribution < -0.4 is 10.2 Å². The van der Waals surface area contributed by atoms with Crippen LogP contribution in [0.5, 0.6) is 0 Å². The van der Waals surface area contributed by atoms with Crippen molar-refractivity contribution < 1.29 is 9.59 Å². The molecule has 0 aliphatic heterocycles. The number of likely N-dealkylation sites (N-methyl/N-ethyl adjacent to an activating group) is 2. The number of nitrogens with zero attached hydrogens (tertiary/aromatic N) is 1. The summed E-state index contributed by atoms with van der Waals surface area (Å²) in [5.41, 5.74) is 1.29. The molecular formula is C13H17ClN2O2. The second-order valence-corrected chi connectivity index (χ2v) is 4.20. The summed E-state index contributed by atoms with van der Waals surface area (Å²) in [5.74, 6) is -0.0464. The van der Waals surface area contributed by atoms with Crippen molar-refractivity contribution in [3.05, 3.63) is 28.8 Å². The van der Waals surface area contributed by atoms with E-state index in [1.165, 1.54) is 0 Å². The molecule has 98 valence electrons. The lowest BCUT2D eigenvalue weighted by Gasteiger charge is -2.23. The number of amides is 1. The Hall–Kier alpha value is -1.55. The molecule has 1 aromatic rings. The molecule has 0 unspecified atom stereocenters. The molecule has 1 N–H and O–H groups in total. The van der Waals surface area contributed by atoms with Crippen LogP contribution in [0.3, 0.4) is 0 Å². The fourth-order valence-electron chi connectivity index (χ4n) is 1.65. The van der Waals surface area contributed by atoms with Crippen LogP contribution in [0, 0.1) is 0 Å². The van der Waals surface area contributed by atoms with Gasteiger partial charge in [-0.25, -0.2) is 0 Å². The molecular weight excluding hydrogens is 252 g/mol. The summed E-state index contributed by atoms with van der Waals surface area (Å²) in [6, 6.07) is 5.05. The van der Waals surface area contributed by atoms with Crippen LogP contribution in [0.4, 0.5) is 5.69 Å². The van der Waals surface area contributed by atoms with Crippen molar-refractivity contribution in [2.24, 2.45) is 0 Å². The first-order valence-electron chi connectivity index (χ1n) is 5.88. The minimum Gasteiger partial charge on any atom is -0.361 e. The highest BCUT2D eigenvalue weighted by molar-refractivity contribution is 6.33. The minimum absolute atomic E-state index is 0.0464. The van der Waals surface area contributed by atoms with Gasteiger partial charge in [0.1, 0.15) is 6.29 Å². The summed E-state index contributed by atoms with van der Waals surface area (Å²) >= 11 is 6.11. The Kier molecular flexibility index (Phi) is 5.65. The number of benzene rings is 1. The van der Waals surface area contributed by atoms with Gasteiger partial charge in [-0.1, -0.05) is 11.6 Å². The molecule has 0 aliphatic carbocycles. The van der Waals surface area contributed by atoms with Crippen molar-refractivity contribution in [1.82, 2.24) is 5.32 Å². The third-order valence-electron chi connectivity index (χ3n) is 2.54. The standard InChI is InChI=1S/C13H17ClN2O2/c1-3-15-13(18)8-16(4-2)12-6-5-10(9-17)7-11(12)14/h5-7,9H,3-4,8H2,1-2H3,(H,15,18). The summed E-state index contributed by atoms with van der Waals surface area (Å²) in [6.45, 7) is 5.35. The van der Waals surface area contributed by atoms with Gasteiger partial charge in [-0.15, -0.1) is 0 Å². The van der Waals surface area contributed by atoms with Crippen molar-refractivity contribution in [3.63, 3.8) is 0 Å². The van der Waals surface area contributed by atoms with Crippen molar-refractivity contribution in [3.8, 4) is 0 Å². The maximum Gasteiger partial charge on any atom is 0.239 e. The third-order valence-corrected chi connectivity index (χ3v) is 2.84. The van der Waals surface area contributed by atoms with E-state index in [9.17, 15) is 9.59 Å². The van der Waals surface area contributed by atoms with Crippen molar-refractivity contribution in [2.75, 3.05) is 24.5 Å². The Bertz CT molecular complexity index is 435. The first-order valence-corrected chi connectivity index (χ1v) is 6.26. The van der Waals surface area contributed by atoms with Crippen LogP contribution in [0.1, 0.15) is 24.2 Å². The molecule has 0 bridgehead atoms. The molecule has 0 saturated carbocycles. The van der Waals surface area contributed by atoms with Gasteiger partial charge in [-0.05, 0) is 32.0 Å². The SMILES string of the molecule is CCNC(=O)CN(CC)c1ccc(C=O)cc1Cl. The van der Waals surface area contributed by atoms with Gasteiger partial charge in [0.2, 0.25) is 5.91 Å². The van der Waals surface area contributed by atoms with E-state index < -0.39 is 0 Å². The fourth-order valence-corrected chi connectivity index (χ4v) is 1.96. The molecule has 4 nitrogen and oxygen atoms in total. The zero-order valence-electron chi connectivity index (χ0n) is 10.6. The second kappa shape index (κ2) is 7.01. The number of hydrogen-bond donors (Lipinski definition) is 1. The van der Waals surface area contributed by atoms with E-state index in [2.05, 4.69) is 5.32 Å². The topological polar surface area (TPSA) is 49.4 Å². The van der Waals surface area contributed by atoms with Crippen LogP contribution in [-0.4, -0.2) is 31.8 Å². The molecule has 0 saturated heterocycles. The Morgan fingerprint density at radius 3 is 2.67 bits per heavy atom. The zero-order chi connectivity index (χ0) is 13.5. The van der Waals surface area contributed by atoms with Gasteiger partial charge in [0.05, 0.1) is 17.3 Å². The van der Waals surface area contributed by atoms with Crippen molar-refractivity contribution >= 4 is 29.5 Å². The predicted octanol–water partition coefficient (Wildman–Crippen LogP) is 2.11. The normalized spacial score (nSPS) is 9.94. The summed E-state index contributed by atoms with van der Waals surface area (Å²) in [4.78, 5) is 24.1. The molecule has 0 heterocycles. The summed E-state index contributed by atoms with van der Waals surface area (Å²) in [6.07, 6.45) is 0.746. The van der Waals surface area contributed by atoms with Gasteiger partial charge in [0, 0.05) is 18.7 Å². The maximum absolute atomic E-state index is 11.6. The van der Waals surface area contributed by atoms with Crippen molar-refractivity contribution in [1.29, 1.82) is 0 Å². The largest absolute Gasteiger partial charge is 0.361 e.